The third kappa shape index (κ3) is 5.71. The normalized spacial score (nSPS) is 22.1. The second-order valence-corrected chi connectivity index (χ2v) is 3.52. The van der Waals surface area contributed by atoms with E-state index in [0.29, 0.717) is 12.3 Å². The zero-order valence-corrected chi connectivity index (χ0v) is 12.2. The Labute approximate surface area is 105 Å². The number of carbonyl (C=O) groups is 2. The van der Waals surface area contributed by atoms with Crippen molar-refractivity contribution in [2.75, 3.05) is 13.7 Å². The molecule has 0 N–H and O–H groups in total. The van der Waals surface area contributed by atoms with Crippen LogP contribution in [0.25, 0.3) is 0 Å². The Hall–Kier alpha value is -1.06. The SMILES string of the molecule is CC.CC.COC(=O)CN1C(=O)CC(C)C1C. The van der Waals surface area contributed by atoms with Crippen LogP contribution >= 0.6 is 0 Å². The fourth-order valence-electron chi connectivity index (χ4n) is 1.53. The predicted molar refractivity (Wildman–Crippen MR) is 69.7 cm³/mol. The van der Waals surface area contributed by atoms with Gasteiger partial charge >= 0.3 is 5.97 Å². The molecule has 1 aliphatic heterocycles. The first-order chi connectivity index (χ1) is 8.06. The summed E-state index contributed by atoms with van der Waals surface area (Å²) >= 11 is 0. The van der Waals surface area contributed by atoms with E-state index in [2.05, 4.69) is 4.74 Å². The van der Waals surface area contributed by atoms with Crippen LogP contribution in [-0.2, 0) is 14.3 Å². The first kappa shape index (κ1) is 18.3. The number of nitrogens with zero attached hydrogens (tertiary/aromatic N) is 1. The standard InChI is InChI=1S/C9H15NO3.2C2H6/c1-6-4-8(11)10(7(6)2)5-9(12)13-3;2*1-2/h6-7H,4-5H2,1-3H3;2*1-2H3. The zero-order valence-electron chi connectivity index (χ0n) is 12.2. The summed E-state index contributed by atoms with van der Waals surface area (Å²) in [7, 11) is 1.33. The van der Waals surface area contributed by atoms with Crippen LogP contribution in [0.1, 0.15) is 48.0 Å². The molecule has 4 heteroatoms. The molecule has 0 saturated carbocycles. The van der Waals surface area contributed by atoms with Gasteiger partial charge in [0.1, 0.15) is 6.54 Å². The maximum atomic E-state index is 11.4. The van der Waals surface area contributed by atoms with E-state index < -0.39 is 0 Å². The number of hydrogen-bond acceptors (Lipinski definition) is 3. The van der Waals surface area contributed by atoms with Gasteiger partial charge in [-0.2, -0.15) is 0 Å². The van der Waals surface area contributed by atoms with Crippen molar-refractivity contribution in [3.05, 3.63) is 0 Å². The van der Waals surface area contributed by atoms with Crippen molar-refractivity contribution in [3.63, 3.8) is 0 Å². The van der Waals surface area contributed by atoms with E-state index in [0.717, 1.165) is 0 Å². The van der Waals surface area contributed by atoms with Crippen molar-refractivity contribution in [3.8, 4) is 0 Å². The van der Waals surface area contributed by atoms with Gasteiger partial charge in [0.25, 0.3) is 0 Å². The molecule has 0 aromatic rings. The summed E-state index contributed by atoms with van der Waals surface area (Å²) in [6, 6.07) is 0.145. The molecule has 0 spiro atoms. The number of likely N-dealkylation sites (tertiary alicyclic amines) is 1. The van der Waals surface area contributed by atoms with Gasteiger partial charge < -0.3 is 9.64 Å². The quantitative estimate of drug-likeness (QED) is 0.702. The second-order valence-electron chi connectivity index (χ2n) is 3.52. The number of ether oxygens (including phenoxy) is 1. The zero-order chi connectivity index (χ0) is 14.0. The van der Waals surface area contributed by atoms with Crippen LogP contribution in [-0.4, -0.2) is 36.5 Å². The Morgan fingerprint density at radius 3 is 2.06 bits per heavy atom. The first-order valence-corrected chi connectivity index (χ1v) is 6.42. The topological polar surface area (TPSA) is 46.6 Å². The molecular formula is C13H27NO3. The van der Waals surface area contributed by atoms with E-state index in [4.69, 9.17) is 0 Å². The van der Waals surface area contributed by atoms with E-state index in [9.17, 15) is 9.59 Å². The van der Waals surface area contributed by atoms with E-state index in [1.54, 1.807) is 4.90 Å². The van der Waals surface area contributed by atoms with Crippen molar-refractivity contribution in [2.45, 2.75) is 54.0 Å². The third-order valence-electron chi connectivity index (χ3n) is 2.66. The van der Waals surface area contributed by atoms with Gasteiger partial charge in [0, 0.05) is 12.5 Å². The maximum Gasteiger partial charge on any atom is 0.325 e. The molecule has 1 rings (SSSR count). The molecule has 1 aliphatic rings. The smallest absolute Gasteiger partial charge is 0.325 e. The van der Waals surface area contributed by atoms with Gasteiger partial charge in [-0.3, -0.25) is 9.59 Å². The van der Waals surface area contributed by atoms with Crippen LogP contribution < -0.4 is 0 Å². The van der Waals surface area contributed by atoms with Gasteiger partial charge in [-0.25, -0.2) is 0 Å². The maximum absolute atomic E-state index is 11.4. The minimum absolute atomic E-state index is 0.0467. The molecule has 0 aromatic carbocycles. The molecule has 0 aliphatic carbocycles. The Morgan fingerprint density at radius 1 is 1.29 bits per heavy atom. The summed E-state index contributed by atoms with van der Waals surface area (Å²) in [5, 5.41) is 0. The number of esters is 1. The van der Waals surface area contributed by atoms with E-state index in [-0.39, 0.29) is 24.5 Å². The van der Waals surface area contributed by atoms with Gasteiger partial charge in [0.05, 0.1) is 7.11 Å². The van der Waals surface area contributed by atoms with Crippen molar-refractivity contribution in [1.29, 1.82) is 0 Å². The molecule has 2 unspecified atom stereocenters. The van der Waals surface area contributed by atoms with Gasteiger partial charge in [0.15, 0.2) is 0 Å². The van der Waals surface area contributed by atoms with Crippen LogP contribution in [0.5, 0.6) is 0 Å². The van der Waals surface area contributed by atoms with Crippen LogP contribution in [0.2, 0.25) is 0 Å². The molecular weight excluding hydrogens is 218 g/mol. The largest absolute Gasteiger partial charge is 0.468 e. The van der Waals surface area contributed by atoms with Gasteiger partial charge in [-0.05, 0) is 12.8 Å². The van der Waals surface area contributed by atoms with Crippen LogP contribution in [0, 0.1) is 5.92 Å². The number of rotatable bonds is 2. The number of hydrogen-bond donors (Lipinski definition) is 0. The highest BCUT2D eigenvalue weighted by Crippen LogP contribution is 2.24. The lowest BCUT2D eigenvalue weighted by atomic mass is 10.1. The third-order valence-corrected chi connectivity index (χ3v) is 2.66. The second kappa shape index (κ2) is 10.1. The van der Waals surface area contributed by atoms with E-state index >= 15 is 0 Å². The average Bonchev–Trinajstić information content (AvgIpc) is 2.61. The van der Waals surface area contributed by atoms with Crippen molar-refractivity contribution in [2.24, 2.45) is 5.92 Å². The Bertz CT molecular complexity index is 229. The Morgan fingerprint density at radius 2 is 1.76 bits per heavy atom. The van der Waals surface area contributed by atoms with Crippen LogP contribution in [0.15, 0.2) is 0 Å². The molecule has 0 radical (unpaired) electrons. The molecule has 0 aromatic heterocycles. The van der Waals surface area contributed by atoms with Gasteiger partial charge in [-0.1, -0.05) is 34.6 Å². The van der Waals surface area contributed by atoms with Crippen molar-refractivity contribution < 1.29 is 14.3 Å². The molecule has 0 bridgehead atoms. The molecule has 4 nitrogen and oxygen atoms in total. The van der Waals surface area contributed by atoms with Gasteiger partial charge in [0.2, 0.25) is 5.91 Å². The Balaban J connectivity index is 0. The molecule has 1 amide bonds. The highest BCUT2D eigenvalue weighted by molar-refractivity contribution is 5.84. The molecule has 1 fully saturated rings. The van der Waals surface area contributed by atoms with Crippen LogP contribution in [0.4, 0.5) is 0 Å². The van der Waals surface area contributed by atoms with E-state index in [1.807, 2.05) is 41.5 Å². The monoisotopic (exact) mass is 245 g/mol. The number of carbonyl (C=O) groups excluding carboxylic acids is 2. The van der Waals surface area contributed by atoms with Crippen LogP contribution in [0.3, 0.4) is 0 Å². The van der Waals surface area contributed by atoms with Gasteiger partial charge in [-0.15, -0.1) is 0 Å². The van der Waals surface area contributed by atoms with Crippen molar-refractivity contribution >= 4 is 11.9 Å². The summed E-state index contributed by atoms with van der Waals surface area (Å²) < 4.78 is 4.51. The molecule has 102 valence electrons. The lowest BCUT2D eigenvalue weighted by molar-refractivity contribution is -0.146. The minimum atomic E-state index is -0.352. The summed E-state index contributed by atoms with van der Waals surface area (Å²) in [5.74, 6) is 0.0249. The first-order valence-electron chi connectivity index (χ1n) is 6.42. The summed E-state index contributed by atoms with van der Waals surface area (Å²) in [6.45, 7) is 12.1. The molecule has 2 atom stereocenters. The highest BCUT2D eigenvalue weighted by Gasteiger charge is 2.34. The number of methoxy groups -OCH3 is 1. The fourth-order valence-corrected chi connectivity index (χ4v) is 1.53. The molecule has 1 heterocycles. The Kier molecular flexibility index (Phi) is 10.9. The minimum Gasteiger partial charge on any atom is -0.468 e. The average molecular weight is 245 g/mol. The fraction of sp³-hybridized carbons (Fsp3) is 0.846. The molecule has 17 heavy (non-hydrogen) atoms. The summed E-state index contributed by atoms with van der Waals surface area (Å²) in [4.78, 5) is 23.9. The lowest BCUT2D eigenvalue weighted by Gasteiger charge is -2.21. The summed E-state index contributed by atoms with van der Waals surface area (Å²) in [6.07, 6.45) is 0.540. The molecule has 1 saturated heterocycles. The highest BCUT2D eigenvalue weighted by atomic mass is 16.5. The summed E-state index contributed by atoms with van der Waals surface area (Å²) in [5.41, 5.74) is 0. The number of amides is 1. The van der Waals surface area contributed by atoms with E-state index in [1.165, 1.54) is 7.11 Å². The van der Waals surface area contributed by atoms with Crippen molar-refractivity contribution in [1.82, 2.24) is 4.90 Å². The predicted octanol–water partition coefficient (Wildman–Crippen LogP) is 2.47. The lowest BCUT2D eigenvalue weighted by Crippen LogP contribution is -2.37.